The summed E-state index contributed by atoms with van der Waals surface area (Å²) in [6.07, 6.45) is 3.04. The first-order valence-corrected chi connectivity index (χ1v) is 6.47. The highest BCUT2D eigenvalue weighted by atomic mass is 16.6. The number of aromatic nitrogens is 2. The lowest BCUT2D eigenvalue weighted by Crippen LogP contribution is -2.27. The summed E-state index contributed by atoms with van der Waals surface area (Å²) in [5, 5.41) is 18.2. The van der Waals surface area contributed by atoms with E-state index in [-0.39, 0.29) is 22.8 Å². The van der Waals surface area contributed by atoms with E-state index in [1.807, 2.05) is 0 Å². The van der Waals surface area contributed by atoms with Crippen LogP contribution < -0.4 is 10.5 Å². The van der Waals surface area contributed by atoms with Gasteiger partial charge in [-0.25, -0.2) is 4.63 Å². The topological polar surface area (TPSA) is 117 Å². The molecule has 0 aliphatic heterocycles. The highest BCUT2D eigenvalue weighted by molar-refractivity contribution is 5.88. The molecule has 0 amide bonds. The molecule has 1 aliphatic carbocycles. The molecule has 1 fully saturated rings. The van der Waals surface area contributed by atoms with Crippen molar-refractivity contribution >= 4 is 16.7 Å². The van der Waals surface area contributed by atoms with E-state index in [1.54, 1.807) is 0 Å². The van der Waals surface area contributed by atoms with Crippen molar-refractivity contribution in [2.75, 3.05) is 6.54 Å². The SMILES string of the molecule is NCC1CCCC1Oc1ccc([N+](=O)[O-])c2nonc12. The zero-order valence-electron chi connectivity index (χ0n) is 10.7. The summed E-state index contributed by atoms with van der Waals surface area (Å²) in [7, 11) is 0. The molecule has 2 unspecified atom stereocenters. The zero-order valence-corrected chi connectivity index (χ0v) is 10.7. The molecule has 0 radical (unpaired) electrons. The van der Waals surface area contributed by atoms with E-state index in [1.165, 1.54) is 12.1 Å². The third-order valence-corrected chi connectivity index (χ3v) is 3.72. The van der Waals surface area contributed by atoms with E-state index >= 15 is 0 Å². The van der Waals surface area contributed by atoms with Gasteiger partial charge >= 0.3 is 5.69 Å². The van der Waals surface area contributed by atoms with Crippen molar-refractivity contribution in [3.8, 4) is 5.75 Å². The molecule has 1 heterocycles. The fraction of sp³-hybridized carbons (Fsp3) is 0.500. The van der Waals surface area contributed by atoms with E-state index in [0.29, 0.717) is 18.2 Å². The molecule has 0 bridgehead atoms. The van der Waals surface area contributed by atoms with Crippen LogP contribution in [-0.2, 0) is 0 Å². The first-order chi connectivity index (χ1) is 9.70. The molecule has 2 N–H and O–H groups in total. The summed E-state index contributed by atoms with van der Waals surface area (Å²) in [6, 6.07) is 2.89. The van der Waals surface area contributed by atoms with Crippen LogP contribution in [0.3, 0.4) is 0 Å². The second kappa shape index (κ2) is 5.04. The minimum absolute atomic E-state index is 0.0151. The molecule has 1 saturated carbocycles. The fourth-order valence-corrected chi connectivity index (χ4v) is 2.66. The standard InChI is InChI=1S/C12H14N4O4/c13-6-7-2-1-3-9(7)19-10-5-4-8(16(17)18)11-12(10)15-20-14-11/h4-5,7,9H,1-3,6,13H2. The van der Waals surface area contributed by atoms with Crippen LogP contribution in [-0.4, -0.2) is 27.9 Å². The maximum atomic E-state index is 10.9. The summed E-state index contributed by atoms with van der Waals surface area (Å²) in [6.45, 7) is 0.567. The van der Waals surface area contributed by atoms with Gasteiger partial charge in [0, 0.05) is 12.0 Å². The maximum Gasteiger partial charge on any atom is 0.301 e. The van der Waals surface area contributed by atoms with Gasteiger partial charge in [0.05, 0.1) is 4.92 Å². The number of non-ortho nitro benzene ring substituents is 1. The molecule has 106 valence electrons. The lowest BCUT2D eigenvalue weighted by atomic mass is 10.1. The molecule has 2 aromatic rings. The summed E-state index contributed by atoms with van der Waals surface area (Å²) in [5.74, 6) is 0.761. The number of rotatable bonds is 4. The molecule has 2 atom stereocenters. The fourth-order valence-electron chi connectivity index (χ4n) is 2.66. The molecule has 1 aromatic carbocycles. The van der Waals surface area contributed by atoms with Crippen molar-refractivity contribution in [2.45, 2.75) is 25.4 Å². The Balaban J connectivity index is 1.95. The van der Waals surface area contributed by atoms with Crippen molar-refractivity contribution in [1.29, 1.82) is 0 Å². The first-order valence-electron chi connectivity index (χ1n) is 6.47. The number of nitro groups is 1. The van der Waals surface area contributed by atoms with Gasteiger partial charge in [-0.2, -0.15) is 0 Å². The van der Waals surface area contributed by atoms with Crippen LogP contribution in [0.1, 0.15) is 19.3 Å². The van der Waals surface area contributed by atoms with Crippen molar-refractivity contribution in [2.24, 2.45) is 11.7 Å². The molecule has 3 rings (SSSR count). The average molecular weight is 278 g/mol. The van der Waals surface area contributed by atoms with Gasteiger partial charge in [0.2, 0.25) is 5.52 Å². The van der Waals surface area contributed by atoms with Crippen molar-refractivity contribution in [1.82, 2.24) is 10.3 Å². The van der Waals surface area contributed by atoms with Crippen LogP contribution in [0.4, 0.5) is 5.69 Å². The Hall–Kier alpha value is -2.22. The van der Waals surface area contributed by atoms with Gasteiger partial charge in [0.15, 0.2) is 11.3 Å². The van der Waals surface area contributed by atoms with Crippen molar-refractivity contribution in [3.05, 3.63) is 22.2 Å². The van der Waals surface area contributed by atoms with Gasteiger partial charge in [-0.1, -0.05) is 0 Å². The van der Waals surface area contributed by atoms with Crippen LogP contribution in [0.2, 0.25) is 0 Å². The van der Waals surface area contributed by atoms with E-state index in [0.717, 1.165) is 19.3 Å². The van der Waals surface area contributed by atoms with Gasteiger partial charge in [0.1, 0.15) is 6.10 Å². The monoisotopic (exact) mass is 278 g/mol. The van der Waals surface area contributed by atoms with Crippen LogP contribution in [0, 0.1) is 16.0 Å². The number of nitro benzene ring substituents is 1. The predicted octanol–water partition coefficient (Wildman–Crippen LogP) is 1.64. The Morgan fingerprint density at radius 2 is 2.20 bits per heavy atom. The largest absolute Gasteiger partial charge is 0.488 e. The van der Waals surface area contributed by atoms with Gasteiger partial charge in [-0.15, -0.1) is 0 Å². The number of ether oxygens (including phenoxy) is 1. The van der Waals surface area contributed by atoms with Gasteiger partial charge in [0.25, 0.3) is 0 Å². The van der Waals surface area contributed by atoms with Gasteiger partial charge in [-0.05, 0) is 42.2 Å². The van der Waals surface area contributed by atoms with Gasteiger partial charge in [-0.3, -0.25) is 10.1 Å². The molecule has 1 aliphatic rings. The van der Waals surface area contributed by atoms with E-state index in [9.17, 15) is 10.1 Å². The minimum Gasteiger partial charge on any atom is -0.488 e. The Labute approximate surface area is 114 Å². The van der Waals surface area contributed by atoms with Crippen LogP contribution >= 0.6 is 0 Å². The van der Waals surface area contributed by atoms with Crippen LogP contribution in [0.5, 0.6) is 5.75 Å². The number of benzene rings is 1. The average Bonchev–Trinajstić information content (AvgIpc) is 3.06. The van der Waals surface area contributed by atoms with Crippen molar-refractivity contribution in [3.63, 3.8) is 0 Å². The molecular formula is C12H14N4O4. The number of hydrogen-bond acceptors (Lipinski definition) is 7. The lowest BCUT2D eigenvalue weighted by molar-refractivity contribution is -0.383. The Kier molecular flexibility index (Phi) is 3.23. The predicted molar refractivity (Wildman–Crippen MR) is 69.3 cm³/mol. The molecule has 8 heteroatoms. The molecule has 0 spiro atoms. The molecule has 0 saturated heterocycles. The molecule has 20 heavy (non-hydrogen) atoms. The number of hydrogen-bond donors (Lipinski definition) is 1. The first kappa shape index (κ1) is 12.8. The van der Waals surface area contributed by atoms with E-state index in [2.05, 4.69) is 14.9 Å². The summed E-state index contributed by atoms with van der Waals surface area (Å²) in [5.41, 5.74) is 5.96. The summed E-state index contributed by atoms with van der Waals surface area (Å²) < 4.78 is 10.5. The lowest BCUT2D eigenvalue weighted by Gasteiger charge is -2.19. The molecule has 1 aromatic heterocycles. The van der Waals surface area contributed by atoms with Crippen LogP contribution in [0.25, 0.3) is 11.0 Å². The highest BCUT2D eigenvalue weighted by Crippen LogP contribution is 2.34. The Morgan fingerprint density at radius 1 is 1.40 bits per heavy atom. The number of nitrogens with two attached hydrogens (primary N) is 1. The van der Waals surface area contributed by atoms with Crippen LogP contribution in [0.15, 0.2) is 16.8 Å². The number of fused-ring (bicyclic) bond motifs is 1. The third kappa shape index (κ3) is 2.07. The quantitative estimate of drug-likeness (QED) is 0.667. The number of nitrogens with zero attached hydrogens (tertiary/aromatic N) is 3. The zero-order chi connectivity index (χ0) is 14.1. The second-order valence-electron chi connectivity index (χ2n) is 4.88. The van der Waals surface area contributed by atoms with E-state index < -0.39 is 4.92 Å². The molecular weight excluding hydrogens is 264 g/mol. The van der Waals surface area contributed by atoms with Crippen molar-refractivity contribution < 1.29 is 14.3 Å². The minimum atomic E-state index is -0.519. The molecule has 8 nitrogen and oxygen atoms in total. The third-order valence-electron chi connectivity index (χ3n) is 3.72. The summed E-state index contributed by atoms with van der Waals surface area (Å²) in [4.78, 5) is 10.4. The summed E-state index contributed by atoms with van der Waals surface area (Å²) >= 11 is 0. The highest BCUT2D eigenvalue weighted by Gasteiger charge is 2.29. The maximum absolute atomic E-state index is 10.9. The Bertz CT molecular complexity index is 641. The van der Waals surface area contributed by atoms with E-state index in [4.69, 9.17) is 10.5 Å². The smallest absolute Gasteiger partial charge is 0.301 e. The Morgan fingerprint density at radius 3 is 2.95 bits per heavy atom. The normalized spacial score (nSPS) is 22.2. The second-order valence-corrected chi connectivity index (χ2v) is 4.88. The van der Waals surface area contributed by atoms with Gasteiger partial charge < -0.3 is 10.5 Å².